The number of aliphatic hydroxyl groups excluding tert-OH is 1. The van der Waals surface area contributed by atoms with Crippen molar-refractivity contribution in [1.29, 1.82) is 0 Å². The van der Waals surface area contributed by atoms with Gasteiger partial charge in [-0.15, -0.1) is 0 Å². The van der Waals surface area contributed by atoms with E-state index >= 15 is 0 Å². The molecular formula is C51H104O. The summed E-state index contributed by atoms with van der Waals surface area (Å²) < 4.78 is 0. The van der Waals surface area contributed by atoms with Crippen LogP contribution in [0, 0.1) is 0 Å². The first-order valence-electron chi connectivity index (χ1n) is 25.5. The lowest BCUT2D eigenvalue weighted by atomic mass is 10.0. The molecule has 0 saturated heterocycles. The van der Waals surface area contributed by atoms with Gasteiger partial charge in [0, 0.05) is 6.61 Å². The molecule has 0 amide bonds. The fraction of sp³-hybridized carbons (Fsp3) is 1.00. The van der Waals surface area contributed by atoms with Crippen molar-refractivity contribution < 1.29 is 5.11 Å². The van der Waals surface area contributed by atoms with Crippen molar-refractivity contribution in [3.05, 3.63) is 0 Å². The average molecular weight is 733 g/mol. The Morgan fingerprint density at radius 1 is 0.154 bits per heavy atom. The van der Waals surface area contributed by atoms with Crippen LogP contribution < -0.4 is 0 Å². The number of unbranched alkanes of at least 4 members (excludes halogenated alkanes) is 48. The molecule has 0 aliphatic carbocycles. The van der Waals surface area contributed by atoms with Gasteiger partial charge < -0.3 is 5.11 Å². The molecule has 1 N–H and O–H groups in total. The predicted molar refractivity (Wildman–Crippen MR) is 239 cm³/mol. The minimum atomic E-state index is 0.375. The van der Waals surface area contributed by atoms with E-state index < -0.39 is 0 Å². The number of hydrogen-bond donors (Lipinski definition) is 1. The summed E-state index contributed by atoms with van der Waals surface area (Å²) in [7, 11) is 0. The van der Waals surface area contributed by atoms with Crippen LogP contribution in [0.1, 0.15) is 322 Å². The molecule has 0 aliphatic rings. The van der Waals surface area contributed by atoms with Gasteiger partial charge in [0.25, 0.3) is 0 Å². The molecule has 0 unspecified atom stereocenters. The molecule has 0 fully saturated rings. The Kier molecular flexibility index (Phi) is 50.9. The second kappa shape index (κ2) is 51.0. The molecule has 0 saturated carbocycles. The zero-order chi connectivity index (χ0) is 37.4. The Morgan fingerprint density at radius 3 is 0.346 bits per heavy atom. The zero-order valence-electron chi connectivity index (χ0n) is 36.8. The number of aliphatic hydroxyl groups is 1. The van der Waals surface area contributed by atoms with Gasteiger partial charge in [0.1, 0.15) is 0 Å². The summed E-state index contributed by atoms with van der Waals surface area (Å²) in [6, 6.07) is 0. The van der Waals surface area contributed by atoms with Crippen LogP contribution in [-0.4, -0.2) is 11.7 Å². The highest BCUT2D eigenvalue weighted by Crippen LogP contribution is 2.18. The lowest BCUT2D eigenvalue weighted by Crippen LogP contribution is -1.85. The molecule has 0 aromatic rings. The Bertz CT molecular complexity index is 522. The lowest BCUT2D eigenvalue weighted by molar-refractivity contribution is 0.282. The summed E-state index contributed by atoms with van der Waals surface area (Å²) >= 11 is 0. The van der Waals surface area contributed by atoms with Crippen molar-refractivity contribution in [1.82, 2.24) is 0 Å². The van der Waals surface area contributed by atoms with E-state index in [0.29, 0.717) is 6.61 Å². The molecule has 0 heterocycles. The van der Waals surface area contributed by atoms with Gasteiger partial charge in [-0.05, 0) is 6.42 Å². The molecule has 0 rings (SSSR count). The minimum absolute atomic E-state index is 0.375. The van der Waals surface area contributed by atoms with E-state index in [9.17, 15) is 0 Å². The van der Waals surface area contributed by atoms with Crippen LogP contribution in [0.15, 0.2) is 0 Å². The Labute approximate surface area is 332 Å². The van der Waals surface area contributed by atoms with E-state index in [-0.39, 0.29) is 0 Å². The van der Waals surface area contributed by atoms with Crippen LogP contribution in [-0.2, 0) is 0 Å². The maximum atomic E-state index is 8.82. The predicted octanol–water partition coefficient (Wildman–Crippen LogP) is 19.1. The quantitative estimate of drug-likeness (QED) is 0.0618. The topological polar surface area (TPSA) is 20.2 Å². The highest BCUT2D eigenvalue weighted by Gasteiger charge is 1.99. The van der Waals surface area contributed by atoms with Crippen molar-refractivity contribution in [2.45, 2.75) is 322 Å². The molecule has 52 heavy (non-hydrogen) atoms. The third kappa shape index (κ3) is 50.0. The van der Waals surface area contributed by atoms with Gasteiger partial charge in [0.05, 0.1) is 0 Å². The standard InChI is InChI=1S/C51H104O/c1-2-3-4-5-6-7-8-9-10-11-12-13-14-15-16-17-18-19-20-21-22-23-24-25-26-27-28-29-30-31-32-33-34-35-36-37-38-39-40-41-42-43-44-45-46-47-48-49-50-51-52/h52H,2-51H2,1H3. The van der Waals surface area contributed by atoms with Crippen LogP contribution in [0.2, 0.25) is 0 Å². The molecule has 0 aliphatic heterocycles. The van der Waals surface area contributed by atoms with E-state index in [2.05, 4.69) is 6.92 Å². The second-order valence-corrected chi connectivity index (χ2v) is 17.7. The maximum absolute atomic E-state index is 8.82. The zero-order valence-corrected chi connectivity index (χ0v) is 36.8. The first-order chi connectivity index (χ1) is 25.9. The van der Waals surface area contributed by atoms with Crippen LogP contribution >= 0.6 is 0 Å². The molecular weight excluding hydrogens is 629 g/mol. The van der Waals surface area contributed by atoms with Gasteiger partial charge in [-0.3, -0.25) is 0 Å². The minimum Gasteiger partial charge on any atom is -0.396 e. The highest BCUT2D eigenvalue weighted by atomic mass is 16.2. The van der Waals surface area contributed by atoms with Crippen molar-refractivity contribution >= 4 is 0 Å². The number of rotatable bonds is 49. The summed E-state index contributed by atoms with van der Waals surface area (Å²) in [5.41, 5.74) is 0. The van der Waals surface area contributed by atoms with Crippen LogP contribution in [0.5, 0.6) is 0 Å². The smallest absolute Gasteiger partial charge is 0.0431 e. The fourth-order valence-electron chi connectivity index (χ4n) is 8.49. The maximum Gasteiger partial charge on any atom is 0.0431 e. The second-order valence-electron chi connectivity index (χ2n) is 17.7. The van der Waals surface area contributed by atoms with Gasteiger partial charge in [0.15, 0.2) is 0 Å². The number of hydrogen-bond acceptors (Lipinski definition) is 1. The van der Waals surface area contributed by atoms with E-state index in [0.717, 1.165) is 6.42 Å². The van der Waals surface area contributed by atoms with Gasteiger partial charge in [-0.2, -0.15) is 0 Å². The first-order valence-corrected chi connectivity index (χ1v) is 25.5. The van der Waals surface area contributed by atoms with Gasteiger partial charge in [0.2, 0.25) is 0 Å². The Balaban J connectivity index is 3.04. The molecule has 0 atom stereocenters. The van der Waals surface area contributed by atoms with E-state index in [4.69, 9.17) is 5.11 Å². The van der Waals surface area contributed by atoms with Gasteiger partial charge in [-0.25, -0.2) is 0 Å². The third-order valence-electron chi connectivity index (χ3n) is 12.3. The largest absolute Gasteiger partial charge is 0.396 e. The molecule has 0 aromatic carbocycles. The summed E-state index contributed by atoms with van der Waals surface area (Å²) in [4.78, 5) is 0. The van der Waals surface area contributed by atoms with Gasteiger partial charge >= 0.3 is 0 Å². The summed E-state index contributed by atoms with van der Waals surface area (Å²) in [6.45, 7) is 2.69. The fourth-order valence-corrected chi connectivity index (χ4v) is 8.49. The molecule has 1 heteroatoms. The van der Waals surface area contributed by atoms with E-state index in [1.807, 2.05) is 0 Å². The van der Waals surface area contributed by atoms with E-state index in [1.54, 1.807) is 0 Å². The van der Waals surface area contributed by atoms with Gasteiger partial charge in [-0.1, -0.05) is 315 Å². The van der Waals surface area contributed by atoms with Crippen molar-refractivity contribution in [2.75, 3.05) is 6.61 Å². The average Bonchev–Trinajstić information content (AvgIpc) is 3.16. The molecule has 0 aromatic heterocycles. The van der Waals surface area contributed by atoms with Crippen molar-refractivity contribution in [3.8, 4) is 0 Å². The third-order valence-corrected chi connectivity index (χ3v) is 12.3. The van der Waals surface area contributed by atoms with Crippen LogP contribution in [0.4, 0.5) is 0 Å². The first kappa shape index (κ1) is 52.0. The SMILES string of the molecule is CCCCCCCCCCCCCCCCCCCCCCCCCCCCCCCCCCCCCCCCCCCCCCCCCCCO. The Hall–Kier alpha value is -0.0400. The molecule has 0 radical (unpaired) electrons. The summed E-state index contributed by atoms with van der Waals surface area (Å²) in [5, 5.41) is 8.82. The highest BCUT2D eigenvalue weighted by molar-refractivity contribution is 4.54. The molecule has 0 bridgehead atoms. The van der Waals surface area contributed by atoms with Crippen molar-refractivity contribution in [3.63, 3.8) is 0 Å². The normalized spacial score (nSPS) is 11.7. The summed E-state index contributed by atoms with van der Waals surface area (Å²) in [5.74, 6) is 0. The molecule has 1 nitrogen and oxygen atoms in total. The molecule has 0 spiro atoms. The van der Waals surface area contributed by atoms with Crippen molar-refractivity contribution in [2.24, 2.45) is 0 Å². The monoisotopic (exact) mass is 733 g/mol. The Morgan fingerprint density at radius 2 is 0.250 bits per heavy atom. The van der Waals surface area contributed by atoms with E-state index in [1.165, 1.54) is 308 Å². The van der Waals surface area contributed by atoms with Crippen LogP contribution in [0.3, 0.4) is 0 Å². The lowest BCUT2D eigenvalue weighted by Gasteiger charge is -2.05. The summed E-state index contributed by atoms with van der Waals surface area (Å²) in [6.07, 6.45) is 71.5. The molecule has 314 valence electrons. The van der Waals surface area contributed by atoms with Crippen LogP contribution in [0.25, 0.3) is 0 Å².